The SMILES string of the molecule is [2H]C1([2H])N(c2cc(C(=O)Cc3cc4cc(-c5cnc(C)n5C)ccc4cn3)ccn2)C([2H])([2H])C([2H])(C)C1([2H])[2H]. The van der Waals surface area contributed by atoms with Gasteiger partial charge in [0.2, 0.25) is 0 Å². The Morgan fingerprint density at radius 2 is 2.03 bits per heavy atom. The van der Waals surface area contributed by atoms with Gasteiger partial charge in [0.1, 0.15) is 11.6 Å². The molecule has 1 atom stereocenters. The van der Waals surface area contributed by atoms with Crippen molar-refractivity contribution in [2.24, 2.45) is 12.9 Å². The number of Topliss-reactive ketones (excluding diaryl/α,β-unsaturated/α-hetero) is 1. The monoisotopic (exact) mass is 432 g/mol. The molecule has 0 radical (unpaired) electrons. The van der Waals surface area contributed by atoms with Crippen LogP contribution in [0.15, 0.2) is 55.0 Å². The van der Waals surface area contributed by atoms with Crippen LogP contribution in [0.3, 0.4) is 0 Å². The van der Waals surface area contributed by atoms with Crippen molar-refractivity contribution in [2.75, 3.05) is 17.9 Å². The fourth-order valence-corrected chi connectivity index (χ4v) is 3.67. The molecule has 0 saturated carbocycles. The fraction of sp³-hybridized carbons (Fsp3) is 0.308. The summed E-state index contributed by atoms with van der Waals surface area (Å²) in [6.07, 6.45) is 1.82. The smallest absolute Gasteiger partial charge is 0.169 e. The lowest BCUT2D eigenvalue weighted by Gasteiger charge is -2.17. The number of benzene rings is 1. The number of aryl methyl sites for hydroxylation is 1. The summed E-state index contributed by atoms with van der Waals surface area (Å²) in [5.74, 6) is -2.17. The third-order valence-electron chi connectivity index (χ3n) is 5.57. The van der Waals surface area contributed by atoms with Crippen molar-refractivity contribution < 1.29 is 14.4 Å². The minimum atomic E-state index is -2.90. The lowest BCUT2D eigenvalue weighted by atomic mass is 10.0. The van der Waals surface area contributed by atoms with Crippen LogP contribution in [-0.4, -0.2) is 38.3 Å². The molecule has 32 heavy (non-hydrogen) atoms. The van der Waals surface area contributed by atoms with Crippen LogP contribution in [0, 0.1) is 12.8 Å². The van der Waals surface area contributed by atoms with Crippen LogP contribution in [0.4, 0.5) is 5.82 Å². The van der Waals surface area contributed by atoms with Gasteiger partial charge < -0.3 is 9.47 Å². The molecule has 6 nitrogen and oxygen atoms in total. The van der Waals surface area contributed by atoms with Crippen molar-refractivity contribution in [1.29, 1.82) is 0 Å². The number of ketones is 1. The minimum Gasteiger partial charge on any atom is -0.356 e. The van der Waals surface area contributed by atoms with E-state index in [4.69, 9.17) is 9.60 Å². The first-order valence-corrected chi connectivity index (χ1v) is 10.3. The highest BCUT2D eigenvalue weighted by Gasteiger charge is 2.21. The average molecular weight is 433 g/mol. The molecular weight excluding hydrogens is 398 g/mol. The van der Waals surface area contributed by atoms with E-state index in [2.05, 4.69) is 15.0 Å². The number of rotatable bonds is 5. The highest BCUT2D eigenvalue weighted by Crippen LogP contribution is 2.26. The van der Waals surface area contributed by atoms with Crippen molar-refractivity contribution in [1.82, 2.24) is 19.5 Å². The predicted molar refractivity (Wildman–Crippen MR) is 127 cm³/mol. The van der Waals surface area contributed by atoms with Gasteiger partial charge in [0.05, 0.1) is 18.3 Å². The number of hydrogen-bond donors (Lipinski definition) is 0. The fourth-order valence-electron chi connectivity index (χ4n) is 3.67. The Bertz CT molecular complexity index is 1590. The number of anilines is 1. The van der Waals surface area contributed by atoms with Gasteiger partial charge in [0, 0.05) is 64.2 Å². The molecule has 3 aromatic heterocycles. The summed E-state index contributed by atoms with van der Waals surface area (Å²) in [4.78, 5) is 26.6. The summed E-state index contributed by atoms with van der Waals surface area (Å²) < 4.78 is 60.2. The maximum atomic E-state index is 13.2. The summed E-state index contributed by atoms with van der Waals surface area (Å²) >= 11 is 0. The average Bonchev–Trinajstić information content (AvgIpc) is 3.23. The molecule has 1 saturated heterocycles. The highest BCUT2D eigenvalue weighted by atomic mass is 16.1. The molecule has 0 spiro atoms. The first-order valence-electron chi connectivity index (χ1n) is 13.8. The molecule has 4 heterocycles. The molecule has 1 aliphatic rings. The molecule has 1 aromatic carbocycles. The molecule has 0 N–H and O–H groups in total. The zero-order chi connectivity index (χ0) is 28.5. The lowest BCUT2D eigenvalue weighted by molar-refractivity contribution is 0.0992. The summed E-state index contributed by atoms with van der Waals surface area (Å²) in [7, 11) is 1.94. The quantitative estimate of drug-likeness (QED) is 0.431. The zero-order valence-electron chi connectivity index (χ0n) is 25.0. The molecular formula is C26H27N5O. The molecule has 0 amide bonds. The van der Waals surface area contributed by atoms with E-state index in [0.29, 0.717) is 10.6 Å². The topological polar surface area (TPSA) is 63.9 Å². The lowest BCUT2D eigenvalue weighted by Crippen LogP contribution is -2.20. The van der Waals surface area contributed by atoms with E-state index < -0.39 is 25.3 Å². The number of nitrogens with zero attached hydrogens (tertiary/aromatic N) is 5. The third kappa shape index (κ3) is 3.88. The zero-order valence-corrected chi connectivity index (χ0v) is 18.0. The van der Waals surface area contributed by atoms with Gasteiger partial charge in [-0.05, 0) is 48.8 Å². The minimum absolute atomic E-state index is 0.0643. The van der Waals surface area contributed by atoms with Crippen LogP contribution in [0.25, 0.3) is 22.0 Å². The first kappa shape index (κ1) is 13.8. The van der Waals surface area contributed by atoms with Gasteiger partial charge in [-0.15, -0.1) is 0 Å². The molecule has 0 bridgehead atoms. The van der Waals surface area contributed by atoms with Crippen LogP contribution in [0.2, 0.25) is 0 Å². The molecule has 5 rings (SSSR count). The summed E-state index contributed by atoms with van der Waals surface area (Å²) in [6, 6.07) is 10.5. The Hall–Kier alpha value is -3.54. The van der Waals surface area contributed by atoms with Crippen LogP contribution < -0.4 is 4.90 Å². The van der Waals surface area contributed by atoms with Gasteiger partial charge >= 0.3 is 0 Å². The molecule has 1 aliphatic heterocycles. The van der Waals surface area contributed by atoms with E-state index in [1.807, 2.05) is 49.0 Å². The van der Waals surface area contributed by atoms with Gasteiger partial charge in [-0.25, -0.2) is 9.97 Å². The maximum absolute atomic E-state index is 13.2. The Balaban J connectivity index is 1.45. The number of aromatic nitrogens is 4. The second-order valence-corrected chi connectivity index (χ2v) is 7.80. The number of hydrogen-bond acceptors (Lipinski definition) is 5. The van der Waals surface area contributed by atoms with Gasteiger partial charge in [-0.3, -0.25) is 9.78 Å². The van der Waals surface area contributed by atoms with E-state index in [1.165, 1.54) is 18.3 Å². The number of imidazole rings is 1. The summed E-state index contributed by atoms with van der Waals surface area (Å²) in [5.41, 5.74) is 2.60. The van der Waals surface area contributed by atoms with E-state index in [-0.39, 0.29) is 23.6 Å². The maximum Gasteiger partial charge on any atom is 0.169 e. The van der Waals surface area contributed by atoms with Crippen molar-refractivity contribution >= 4 is 22.4 Å². The number of carbonyl (C=O) groups excluding carboxylic acids is 1. The molecule has 0 aliphatic carbocycles. The van der Waals surface area contributed by atoms with Crippen LogP contribution in [0.1, 0.15) is 44.8 Å². The van der Waals surface area contributed by atoms with Gasteiger partial charge in [-0.2, -0.15) is 0 Å². The third-order valence-corrected chi connectivity index (χ3v) is 5.57. The number of carbonyl (C=O) groups is 1. The van der Waals surface area contributed by atoms with E-state index in [0.717, 1.165) is 34.8 Å². The Morgan fingerprint density at radius 3 is 2.78 bits per heavy atom. The van der Waals surface area contributed by atoms with Crippen LogP contribution in [0.5, 0.6) is 0 Å². The number of fused-ring (bicyclic) bond motifs is 1. The van der Waals surface area contributed by atoms with Gasteiger partial charge in [-0.1, -0.05) is 19.1 Å². The molecule has 6 heteroatoms. The van der Waals surface area contributed by atoms with E-state index in [1.54, 1.807) is 6.20 Å². The molecule has 1 unspecified atom stereocenters. The number of pyridine rings is 2. The Morgan fingerprint density at radius 1 is 1.16 bits per heavy atom. The van der Waals surface area contributed by atoms with Crippen molar-refractivity contribution in [3.05, 3.63) is 72.1 Å². The second kappa shape index (κ2) is 8.19. The van der Waals surface area contributed by atoms with Crippen LogP contribution in [-0.2, 0) is 13.5 Å². The largest absolute Gasteiger partial charge is 0.356 e. The van der Waals surface area contributed by atoms with Gasteiger partial charge in [0.15, 0.2) is 5.78 Å². The second-order valence-electron chi connectivity index (χ2n) is 7.80. The first-order chi connectivity index (χ1) is 18.1. The van der Waals surface area contributed by atoms with E-state index in [9.17, 15) is 4.79 Å². The Kier molecular flexibility index (Phi) is 3.53. The molecule has 162 valence electrons. The highest BCUT2D eigenvalue weighted by molar-refractivity contribution is 5.98. The van der Waals surface area contributed by atoms with Crippen molar-refractivity contribution in [2.45, 2.75) is 26.6 Å². The summed E-state index contributed by atoms with van der Waals surface area (Å²) in [6.45, 7) is -2.70. The van der Waals surface area contributed by atoms with E-state index >= 15 is 0 Å². The molecule has 4 aromatic rings. The van der Waals surface area contributed by atoms with Crippen molar-refractivity contribution in [3.63, 3.8) is 0 Å². The van der Waals surface area contributed by atoms with Crippen molar-refractivity contribution in [3.8, 4) is 11.3 Å². The summed E-state index contributed by atoms with van der Waals surface area (Å²) in [5, 5.41) is 1.81. The van der Waals surface area contributed by atoms with Crippen LogP contribution >= 0.6 is 0 Å². The Labute approximate surface area is 197 Å². The van der Waals surface area contributed by atoms with Gasteiger partial charge in [0.25, 0.3) is 0 Å². The predicted octanol–water partition coefficient (Wildman–Crippen LogP) is 4.61. The molecule has 1 fully saturated rings. The standard InChI is InChI=1S/C26H27N5O/c1-17-7-9-31(16-17)26-12-20(6-8-27-26)25(32)13-23-11-22-10-19(4-5-21(22)14-29-23)24-15-28-18(2)30(24)3/h4-6,8,10-12,14-15,17H,7,9,13,16H2,1-3H3/i7D2,9D2,16D2,17D. The normalized spacial score (nSPS) is 26.3.